The van der Waals surface area contributed by atoms with Gasteiger partial charge in [0.25, 0.3) is 0 Å². The van der Waals surface area contributed by atoms with Crippen LogP contribution in [0.4, 0.5) is 4.79 Å². The van der Waals surface area contributed by atoms with Crippen molar-refractivity contribution in [2.75, 3.05) is 27.3 Å². The molecule has 9 heteroatoms. The van der Waals surface area contributed by atoms with E-state index in [0.29, 0.717) is 18.7 Å². The van der Waals surface area contributed by atoms with E-state index in [2.05, 4.69) is 17.4 Å². The summed E-state index contributed by atoms with van der Waals surface area (Å²) in [4.78, 5) is 14.3. The lowest BCUT2D eigenvalue weighted by Gasteiger charge is -2.39. The number of amides is 1. The summed E-state index contributed by atoms with van der Waals surface area (Å²) >= 11 is 11.8. The second-order valence-electron chi connectivity index (χ2n) is 11.4. The summed E-state index contributed by atoms with van der Waals surface area (Å²) in [5.74, 6) is 0. The molecule has 2 saturated heterocycles. The van der Waals surface area contributed by atoms with E-state index in [1.165, 1.54) is 5.56 Å². The number of halogens is 3. The molecule has 2 aliphatic rings. The third kappa shape index (κ3) is 13.1. The first-order chi connectivity index (χ1) is 18.6. The minimum Gasteiger partial charge on any atom is -0.444 e. The van der Waals surface area contributed by atoms with Gasteiger partial charge in [-0.25, -0.2) is 4.79 Å². The highest BCUT2D eigenvalue weighted by molar-refractivity contribution is 6.30. The molecule has 2 aliphatic heterocycles. The molecular formula is C32H49Cl3N2O4. The molecule has 0 aliphatic carbocycles. The highest BCUT2D eigenvalue weighted by Crippen LogP contribution is 2.25. The van der Waals surface area contributed by atoms with Crippen molar-refractivity contribution in [3.8, 4) is 0 Å². The number of carbonyl (C=O) groups excluding carboxylic acids is 1. The number of methoxy groups -OCH3 is 2. The number of nitrogens with one attached hydrogen (secondary N) is 1. The molecule has 6 nitrogen and oxygen atoms in total. The number of hydrogen-bond acceptors (Lipinski definition) is 5. The minimum atomic E-state index is -0.486. The minimum absolute atomic E-state index is 0. The van der Waals surface area contributed by atoms with Crippen LogP contribution in [0.15, 0.2) is 48.5 Å². The van der Waals surface area contributed by atoms with Crippen molar-refractivity contribution in [1.82, 2.24) is 10.2 Å². The van der Waals surface area contributed by atoms with E-state index in [0.717, 1.165) is 60.7 Å². The Morgan fingerprint density at radius 2 is 1.39 bits per heavy atom. The lowest BCUT2D eigenvalue weighted by molar-refractivity contribution is -0.0177. The summed E-state index contributed by atoms with van der Waals surface area (Å²) in [5, 5.41) is 5.05. The molecule has 1 N–H and O–H groups in total. The van der Waals surface area contributed by atoms with Crippen LogP contribution in [-0.2, 0) is 27.1 Å². The van der Waals surface area contributed by atoms with Gasteiger partial charge in [-0.15, -0.1) is 12.4 Å². The van der Waals surface area contributed by atoms with Crippen LogP contribution in [0.1, 0.15) is 65.0 Å². The molecule has 0 unspecified atom stereocenters. The maximum absolute atomic E-state index is 12.5. The monoisotopic (exact) mass is 630 g/mol. The second-order valence-corrected chi connectivity index (χ2v) is 12.3. The van der Waals surface area contributed by atoms with Crippen LogP contribution >= 0.6 is 35.6 Å². The summed E-state index contributed by atoms with van der Waals surface area (Å²) in [6.45, 7) is 7.38. The molecule has 4 atom stereocenters. The Kier molecular flexibility index (Phi) is 16.6. The number of nitrogens with zero attached hydrogens (tertiary/aromatic N) is 1. The van der Waals surface area contributed by atoms with Gasteiger partial charge in [0, 0.05) is 42.9 Å². The number of ether oxygens (including phenoxy) is 3. The van der Waals surface area contributed by atoms with Gasteiger partial charge in [0.2, 0.25) is 0 Å². The maximum Gasteiger partial charge on any atom is 0.410 e. The van der Waals surface area contributed by atoms with Crippen LogP contribution in [0, 0.1) is 0 Å². The summed E-state index contributed by atoms with van der Waals surface area (Å²) < 4.78 is 16.5. The molecule has 0 aromatic heterocycles. The normalized spacial score (nSPS) is 22.4. The Labute approximate surface area is 263 Å². The Hall–Kier alpha value is -1.54. The largest absolute Gasteiger partial charge is 0.444 e. The third-order valence-corrected chi connectivity index (χ3v) is 7.69. The highest BCUT2D eigenvalue weighted by Gasteiger charge is 2.34. The number of rotatable bonds is 6. The molecule has 2 heterocycles. The van der Waals surface area contributed by atoms with E-state index in [4.69, 9.17) is 37.4 Å². The Morgan fingerprint density at radius 3 is 1.90 bits per heavy atom. The standard InChI is InChI=1S/C18H26ClNO3.C13H18ClNO.CH4.ClH/c1-18(2,3)23-17(21)20-10-9-16(22-4)12-15(20)11-13-5-7-14(19)8-6-13;1-16-13-6-7-15-12(9-13)8-10-2-4-11(14)5-3-10;;/h5-8,15-16H,9-12H2,1-4H3;2-5,12-13,15H,6-9H2,1H3;1H4;1H/t15-,16-;12-,13-;;/m00../s1. The van der Waals surface area contributed by atoms with E-state index >= 15 is 0 Å². The van der Waals surface area contributed by atoms with Gasteiger partial charge in [0.15, 0.2) is 0 Å². The zero-order valence-corrected chi connectivity index (χ0v) is 26.7. The zero-order chi connectivity index (χ0) is 28.4. The fraction of sp³-hybridized carbons (Fsp3) is 0.594. The molecule has 1 amide bonds. The molecule has 0 saturated carbocycles. The van der Waals surface area contributed by atoms with Crippen LogP contribution < -0.4 is 5.32 Å². The van der Waals surface area contributed by atoms with Crippen molar-refractivity contribution in [2.45, 2.75) is 96.6 Å². The van der Waals surface area contributed by atoms with Crippen LogP contribution in [0.3, 0.4) is 0 Å². The average Bonchev–Trinajstić information content (AvgIpc) is 2.91. The van der Waals surface area contributed by atoms with Crippen molar-refractivity contribution < 1.29 is 19.0 Å². The quantitative estimate of drug-likeness (QED) is 0.350. The maximum atomic E-state index is 12.5. The van der Waals surface area contributed by atoms with Crippen molar-refractivity contribution >= 4 is 41.7 Å². The third-order valence-electron chi connectivity index (χ3n) is 7.19. The highest BCUT2D eigenvalue weighted by atomic mass is 35.5. The number of hydrogen-bond donors (Lipinski definition) is 1. The van der Waals surface area contributed by atoms with Crippen molar-refractivity contribution in [3.05, 3.63) is 69.7 Å². The first kappa shape index (κ1) is 37.5. The van der Waals surface area contributed by atoms with Gasteiger partial charge in [-0.05, 0) is 101 Å². The predicted molar refractivity (Wildman–Crippen MR) is 173 cm³/mol. The molecule has 0 radical (unpaired) electrons. The number of likely N-dealkylation sites (tertiary alicyclic amines) is 1. The summed E-state index contributed by atoms with van der Waals surface area (Å²) in [7, 11) is 3.53. The molecule has 0 spiro atoms. The summed E-state index contributed by atoms with van der Waals surface area (Å²) in [6.07, 6.45) is 6.06. The van der Waals surface area contributed by atoms with Gasteiger partial charge in [0.1, 0.15) is 5.60 Å². The molecule has 4 rings (SSSR count). The van der Waals surface area contributed by atoms with Gasteiger partial charge in [-0.1, -0.05) is 54.9 Å². The van der Waals surface area contributed by atoms with E-state index in [9.17, 15) is 4.79 Å². The Bertz CT molecular complexity index is 1020. The molecule has 0 bridgehead atoms. The number of carbonyl (C=O) groups is 1. The van der Waals surface area contributed by atoms with E-state index in [1.54, 1.807) is 14.2 Å². The van der Waals surface area contributed by atoms with E-state index in [1.807, 2.05) is 62.1 Å². The van der Waals surface area contributed by atoms with Crippen molar-refractivity contribution in [1.29, 1.82) is 0 Å². The molecule has 2 aromatic carbocycles. The van der Waals surface area contributed by atoms with Gasteiger partial charge in [-0.2, -0.15) is 0 Å². The van der Waals surface area contributed by atoms with Crippen LogP contribution in [0.25, 0.3) is 0 Å². The Morgan fingerprint density at radius 1 is 0.878 bits per heavy atom. The zero-order valence-electron chi connectivity index (χ0n) is 24.3. The van der Waals surface area contributed by atoms with Crippen LogP contribution in [0.2, 0.25) is 10.0 Å². The SMILES string of the molecule is C.CO[C@H]1CCN(C(=O)OC(C)(C)C)[C@@H](Cc2ccc(Cl)cc2)C1.CO[C@H]1CCN[C@@H](Cc2ccc(Cl)cc2)C1.Cl. The second kappa shape index (κ2) is 18.2. The van der Waals surface area contributed by atoms with Gasteiger partial charge < -0.3 is 24.4 Å². The van der Waals surface area contributed by atoms with Crippen molar-refractivity contribution in [3.63, 3.8) is 0 Å². The summed E-state index contributed by atoms with van der Waals surface area (Å²) in [5.41, 5.74) is 2.00. The Balaban J connectivity index is 0.000000413. The van der Waals surface area contributed by atoms with Crippen molar-refractivity contribution in [2.24, 2.45) is 0 Å². The lowest BCUT2D eigenvalue weighted by Crippen LogP contribution is -2.50. The van der Waals surface area contributed by atoms with Gasteiger partial charge >= 0.3 is 6.09 Å². The van der Waals surface area contributed by atoms with Crippen LogP contribution in [0.5, 0.6) is 0 Å². The molecule has 41 heavy (non-hydrogen) atoms. The number of benzene rings is 2. The number of piperidine rings is 2. The fourth-order valence-corrected chi connectivity index (χ4v) is 5.37. The first-order valence-corrected chi connectivity index (χ1v) is 14.6. The van der Waals surface area contributed by atoms with E-state index in [-0.39, 0.29) is 38.1 Å². The molecule has 2 aromatic rings. The topological polar surface area (TPSA) is 60.0 Å². The summed E-state index contributed by atoms with van der Waals surface area (Å²) in [6, 6.07) is 16.5. The van der Waals surface area contributed by atoms with Gasteiger partial charge in [-0.3, -0.25) is 0 Å². The van der Waals surface area contributed by atoms with Crippen LogP contribution in [-0.4, -0.2) is 68.2 Å². The smallest absolute Gasteiger partial charge is 0.410 e. The lowest BCUT2D eigenvalue weighted by atomic mass is 9.94. The molecular weight excluding hydrogens is 583 g/mol. The van der Waals surface area contributed by atoms with E-state index < -0.39 is 5.60 Å². The molecule has 232 valence electrons. The predicted octanol–water partition coefficient (Wildman–Crippen LogP) is 8.00. The molecule has 2 fully saturated rings. The van der Waals surface area contributed by atoms with Gasteiger partial charge in [0.05, 0.1) is 12.2 Å². The average molecular weight is 632 g/mol. The fourth-order valence-electron chi connectivity index (χ4n) is 5.12. The first-order valence-electron chi connectivity index (χ1n) is 13.8.